The molecule has 2 aromatic rings. The summed E-state index contributed by atoms with van der Waals surface area (Å²) in [6.07, 6.45) is 1.05. The maximum atomic E-state index is 13.0. The monoisotopic (exact) mass is 436 g/mol. The summed E-state index contributed by atoms with van der Waals surface area (Å²) in [4.78, 5) is 13.0. The normalized spacial score (nSPS) is 13.1. The Hall–Kier alpha value is -2.94. The second kappa shape index (κ2) is 9.71. The lowest BCUT2D eigenvalue weighted by Crippen LogP contribution is -2.48. The topological polar surface area (TPSA) is 94.2 Å². The summed E-state index contributed by atoms with van der Waals surface area (Å²) in [5.74, 6) is 1.00. The first-order valence-electron chi connectivity index (χ1n) is 9.28. The Morgan fingerprint density at radius 2 is 1.53 bits per heavy atom. The molecule has 0 fully saturated rings. The van der Waals surface area contributed by atoms with Crippen LogP contribution in [0.5, 0.6) is 17.2 Å². The van der Waals surface area contributed by atoms with Crippen LogP contribution >= 0.6 is 0 Å². The molecule has 0 bridgehead atoms. The van der Waals surface area contributed by atoms with E-state index in [1.807, 2.05) is 25.1 Å². The van der Waals surface area contributed by atoms with Crippen molar-refractivity contribution in [2.75, 3.05) is 31.9 Å². The van der Waals surface area contributed by atoms with Crippen LogP contribution in [0.4, 0.5) is 5.69 Å². The first-order valence-corrected chi connectivity index (χ1v) is 11.1. The molecule has 0 aliphatic carbocycles. The van der Waals surface area contributed by atoms with Crippen molar-refractivity contribution in [3.05, 3.63) is 48.0 Å². The Kier molecular flexibility index (Phi) is 7.55. The zero-order chi connectivity index (χ0) is 22.5. The van der Waals surface area contributed by atoms with E-state index >= 15 is 0 Å². The Bertz CT molecular complexity index is 993. The van der Waals surface area contributed by atoms with Crippen molar-refractivity contribution < 1.29 is 27.4 Å². The van der Waals surface area contributed by atoms with Crippen molar-refractivity contribution in [2.45, 2.75) is 25.9 Å². The number of sulfonamides is 1. The zero-order valence-electron chi connectivity index (χ0n) is 18.0. The van der Waals surface area contributed by atoms with Gasteiger partial charge in [-0.1, -0.05) is 18.2 Å². The number of carbonyl (C=O) groups excluding carboxylic acids is 1. The molecule has 0 saturated heterocycles. The van der Waals surface area contributed by atoms with E-state index in [2.05, 4.69) is 5.32 Å². The highest BCUT2D eigenvalue weighted by Gasteiger charge is 2.31. The highest BCUT2D eigenvalue weighted by molar-refractivity contribution is 7.92. The van der Waals surface area contributed by atoms with Gasteiger partial charge >= 0.3 is 0 Å². The lowest BCUT2D eigenvalue weighted by Gasteiger charge is -2.30. The second-order valence-corrected chi connectivity index (χ2v) is 8.61. The number of anilines is 1. The van der Waals surface area contributed by atoms with Gasteiger partial charge in [-0.3, -0.25) is 9.10 Å². The van der Waals surface area contributed by atoms with Gasteiger partial charge in [0.15, 0.2) is 11.5 Å². The van der Waals surface area contributed by atoms with Crippen LogP contribution in [0.1, 0.15) is 25.5 Å². The SMILES string of the molecule is COc1ccc(N([C@H](C)C(=O)N[C@@H](C)c2ccccc2OC)S(C)(=O)=O)cc1OC. The van der Waals surface area contributed by atoms with Crippen molar-refractivity contribution in [3.8, 4) is 17.2 Å². The Balaban J connectivity index is 2.33. The summed E-state index contributed by atoms with van der Waals surface area (Å²) in [6.45, 7) is 3.34. The van der Waals surface area contributed by atoms with Gasteiger partial charge in [0, 0.05) is 11.6 Å². The van der Waals surface area contributed by atoms with Crippen molar-refractivity contribution in [1.29, 1.82) is 0 Å². The fourth-order valence-corrected chi connectivity index (χ4v) is 4.37. The number of nitrogens with zero attached hydrogens (tertiary/aromatic N) is 1. The molecule has 0 unspecified atom stereocenters. The van der Waals surface area contributed by atoms with E-state index in [0.717, 1.165) is 16.1 Å². The number of benzene rings is 2. The number of hydrogen-bond acceptors (Lipinski definition) is 6. The molecule has 1 N–H and O–H groups in total. The van der Waals surface area contributed by atoms with E-state index in [4.69, 9.17) is 14.2 Å². The number of amides is 1. The van der Waals surface area contributed by atoms with Gasteiger partial charge < -0.3 is 19.5 Å². The number of nitrogens with one attached hydrogen (secondary N) is 1. The molecule has 0 aromatic heterocycles. The van der Waals surface area contributed by atoms with E-state index in [1.165, 1.54) is 27.2 Å². The molecule has 2 aromatic carbocycles. The van der Waals surface area contributed by atoms with Crippen molar-refractivity contribution in [1.82, 2.24) is 5.32 Å². The van der Waals surface area contributed by atoms with E-state index in [9.17, 15) is 13.2 Å². The minimum atomic E-state index is -3.77. The summed E-state index contributed by atoms with van der Waals surface area (Å²) in [7, 11) is 0.729. The first-order chi connectivity index (χ1) is 14.1. The zero-order valence-corrected chi connectivity index (χ0v) is 18.8. The quantitative estimate of drug-likeness (QED) is 0.650. The van der Waals surface area contributed by atoms with Gasteiger partial charge in [0.1, 0.15) is 11.8 Å². The maximum absolute atomic E-state index is 13.0. The van der Waals surface area contributed by atoms with Gasteiger partial charge in [-0.2, -0.15) is 0 Å². The molecular formula is C21H28N2O6S. The smallest absolute Gasteiger partial charge is 0.244 e. The van der Waals surface area contributed by atoms with Gasteiger partial charge in [-0.25, -0.2) is 8.42 Å². The molecule has 164 valence electrons. The van der Waals surface area contributed by atoms with E-state index in [0.29, 0.717) is 22.9 Å². The number of rotatable bonds is 9. The van der Waals surface area contributed by atoms with Gasteiger partial charge in [-0.05, 0) is 32.0 Å². The Morgan fingerprint density at radius 1 is 0.933 bits per heavy atom. The first kappa shape index (κ1) is 23.3. The van der Waals surface area contributed by atoms with Crippen LogP contribution < -0.4 is 23.8 Å². The molecule has 0 aliphatic rings. The minimum Gasteiger partial charge on any atom is -0.496 e. The molecule has 0 radical (unpaired) electrons. The van der Waals surface area contributed by atoms with Crippen LogP contribution in [0.25, 0.3) is 0 Å². The molecule has 0 saturated carbocycles. The largest absolute Gasteiger partial charge is 0.496 e. The summed E-state index contributed by atoms with van der Waals surface area (Å²) in [5, 5.41) is 2.86. The standard InChI is InChI=1S/C21H28N2O6S/c1-14(17-9-7-8-10-18(17)27-3)22-21(24)15(2)23(30(6,25)26)16-11-12-19(28-4)20(13-16)29-5/h7-15H,1-6H3,(H,22,24)/t14-,15+/m0/s1. The predicted octanol–water partition coefficient (Wildman–Crippen LogP) is 2.74. The summed E-state index contributed by atoms with van der Waals surface area (Å²) in [6, 6.07) is 10.6. The third-order valence-electron chi connectivity index (χ3n) is 4.67. The molecule has 1 amide bonds. The highest BCUT2D eigenvalue weighted by Crippen LogP contribution is 2.33. The average Bonchev–Trinajstić information content (AvgIpc) is 2.72. The van der Waals surface area contributed by atoms with Crippen LogP contribution in [0.15, 0.2) is 42.5 Å². The van der Waals surface area contributed by atoms with Crippen LogP contribution in [-0.4, -0.2) is 48.0 Å². The third-order valence-corrected chi connectivity index (χ3v) is 5.92. The van der Waals surface area contributed by atoms with Crippen LogP contribution in [0, 0.1) is 0 Å². The van der Waals surface area contributed by atoms with E-state index in [1.54, 1.807) is 25.3 Å². The van der Waals surface area contributed by atoms with E-state index in [-0.39, 0.29) is 6.04 Å². The fraction of sp³-hybridized carbons (Fsp3) is 0.381. The molecule has 2 rings (SSSR count). The lowest BCUT2D eigenvalue weighted by molar-refractivity contribution is -0.122. The maximum Gasteiger partial charge on any atom is 0.244 e. The number of carbonyl (C=O) groups is 1. The van der Waals surface area contributed by atoms with Crippen molar-refractivity contribution >= 4 is 21.6 Å². The summed E-state index contributed by atoms with van der Waals surface area (Å²) in [5.41, 5.74) is 1.08. The average molecular weight is 437 g/mol. The van der Waals surface area contributed by atoms with Gasteiger partial charge in [0.05, 0.1) is 39.3 Å². The van der Waals surface area contributed by atoms with Gasteiger partial charge in [0.25, 0.3) is 0 Å². The molecule has 9 heteroatoms. The highest BCUT2D eigenvalue weighted by atomic mass is 32.2. The summed E-state index contributed by atoms with van der Waals surface area (Å²) < 4.78 is 42.0. The molecule has 8 nitrogen and oxygen atoms in total. The number of para-hydroxylation sites is 1. The number of methoxy groups -OCH3 is 3. The predicted molar refractivity (Wildman–Crippen MR) is 116 cm³/mol. The van der Waals surface area contributed by atoms with Crippen LogP contribution in [0.3, 0.4) is 0 Å². The minimum absolute atomic E-state index is 0.294. The molecule has 30 heavy (non-hydrogen) atoms. The molecule has 0 heterocycles. The number of hydrogen-bond donors (Lipinski definition) is 1. The lowest BCUT2D eigenvalue weighted by atomic mass is 10.1. The van der Waals surface area contributed by atoms with Crippen molar-refractivity contribution in [2.24, 2.45) is 0 Å². The Labute approximate surface area is 177 Å². The number of ether oxygens (including phenoxy) is 3. The molecule has 0 aliphatic heterocycles. The molecule has 0 spiro atoms. The van der Waals surface area contributed by atoms with E-state index < -0.39 is 22.0 Å². The fourth-order valence-electron chi connectivity index (χ4n) is 3.21. The van der Waals surface area contributed by atoms with Crippen LogP contribution in [-0.2, 0) is 14.8 Å². The molecular weight excluding hydrogens is 408 g/mol. The van der Waals surface area contributed by atoms with Crippen LogP contribution in [0.2, 0.25) is 0 Å². The van der Waals surface area contributed by atoms with Gasteiger partial charge in [-0.15, -0.1) is 0 Å². The Morgan fingerprint density at radius 3 is 2.10 bits per heavy atom. The third kappa shape index (κ3) is 5.15. The summed E-state index contributed by atoms with van der Waals surface area (Å²) >= 11 is 0. The van der Waals surface area contributed by atoms with Crippen molar-refractivity contribution in [3.63, 3.8) is 0 Å². The molecule has 2 atom stereocenters. The second-order valence-electron chi connectivity index (χ2n) is 6.75. The van der Waals surface area contributed by atoms with Gasteiger partial charge in [0.2, 0.25) is 15.9 Å².